The van der Waals surface area contributed by atoms with Crippen LogP contribution in [0.25, 0.3) is 0 Å². The molecule has 1 aromatic heterocycles. The SMILES string of the molecule is COc1cccc(C(=O)N(Cc2ccco2)Cc2c(F)cccc2Cl)c1. The van der Waals surface area contributed by atoms with Gasteiger partial charge < -0.3 is 14.1 Å². The molecule has 0 aliphatic carbocycles. The lowest BCUT2D eigenvalue weighted by Gasteiger charge is -2.23. The van der Waals surface area contributed by atoms with E-state index in [2.05, 4.69) is 0 Å². The van der Waals surface area contributed by atoms with Gasteiger partial charge in [-0.25, -0.2) is 4.39 Å². The smallest absolute Gasteiger partial charge is 0.254 e. The molecule has 1 heterocycles. The van der Waals surface area contributed by atoms with E-state index in [9.17, 15) is 9.18 Å². The lowest BCUT2D eigenvalue weighted by atomic mass is 10.1. The Balaban J connectivity index is 1.93. The molecule has 0 fully saturated rings. The number of nitrogens with zero attached hydrogens (tertiary/aromatic N) is 1. The summed E-state index contributed by atoms with van der Waals surface area (Å²) in [6.07, 6.45) is 1.53. The summed E-state index contributed by atoms with van der Waals surface area (Å²) >= 11 is 6.13. The van der Waals surface area contributed by atoms with E-state index in [4.69, 9.17) is 20.8 Å². The summed E-state index contributed by atoms with van der Waals surface area (Å²) in [7, 11) is 1.53. The van der Waals surface area contributed by atoms with Gasteiger partial charge in [-0.3, -0.25) is 4.79 Å². The van der Waals surface area contributed by atoms with Crippen LogP contribution in [-0.4, -0.2) is 17.9 Å². The minimum absolute atomic E-state index is 0.0161. The first kappa shape index (κ1) is 18.0. The third kappa shape index (κ3) is 4.06. The van der Waals surface area contributed by atoms with Crippen molar-refractivity contribution in [2.45, 2.75) is 13.1 Å². The maximum atomic E-state index is 14.2. The molecule has 26 heavy (non-hydrogen) atoms. The van der Waals surface area contributed by atoms with Crippen molar-refractivity contribution in [3.63, 3.8) is 0 Å². The van der Waals surface area contributed by atoms with Gasteiger partial charge >= 0.3 is 0 Å². The van der Waals surface area contributed by atoms with Gasteiger partial charge in [-0.15, -0.1) is 0 Å². The van der Waals surface area contributed by atoms with Gasteiger partial charge in [0.25, 0.3) is 5.91 Å². The highest BCUT2D eigenvalue weighted by atomic mass is 35.5. The van der Waals surface area contributed by atoms with Gasteiger partial charge in [0.05, 0.1) is 26.5 Å². The van der Waals surface area contributed by atoms with E-state index in [-0.39, 0.29) is 29.6 Å². The highest BCUT2D eigenvalue weighted by Crippen LogP contribution is 2.24. The number of furan rings is 1. The van der Waals surface area contributed by atoms with Crippen LogP contribution in [0.5, 0.6) is 5.75 Å². The highest BCUT2D eigenvalue weighted by molar-refractivity contribution is 6.31. The molecule has 134 valence electrons. The number of hydrogen-bond acceptors (Lipinski definition) is 3. The van der Waals surface area contributed by atoms with E-state index in [1.807, 2.05) is 0 Å². The molecule has 3 rings (SSSR count). The van der Waals surface area contributed by atoms with Crippen LogP contribution >= 0.6 is 11.6 Å². The fourth-order valence-electron chi connectivity index (χ4n) is 2.60. The Bertz CT molecular complexity index is 876. The van der Waals surface area contributed by atoms with Crippen LogP contribution in [0.4, 0.5) is 4.39 Å². The average molecular weight is 374 g/mol. The maximum Gasteiger partial charge on any atom is 0.254 e. The van der Waals surface area contributed by atoms with Crippen LogP contribution in [0.1, 0.15) is 21.7 Å². The molecular weight excluding hydrogens is 357 g/mol. The molecule has 0 spiro atoms. The zero-order valence-electron chi connectivity index (χ0n) is 14.1. The Hall–Kier alpha value is -2.79. The molecule has 3 aromatic rings. The molecule has 0 unspecified atom stereocenters. The van der Waals surface area contributed by atoms with E-state index in [0.29, 0.717) is 17.1 Å². The third-order valence-corrected chi connectivity index (χ3v) is 4.30. The molecule has 6 heteroatoms. The summed E-state index contributed by atoms with van der Waals surface area (Å²) in [5.74, 6) is 0.423. The molecule has 0 N–H and O–H groups in total. The molecular formula is C20H17ClFNO3. The second-order valence-electron chi connectivity index (χ2n) is 5.67. The summed E-state index contributed by atoms with van der Waals surface area (Å²) < 4.78 is 24.7. The molecule has 0 atom stereocenters. The minimum Gasteiger partial charge on any atom is -0.497 e. The van der Waals surface area contributed by atoms with Gasteiger partial charge in [-0.1, -0.05) is 23.7 Å². The Morgan fingerprint density at radius 3 is 2.65 bits per heavy atom. The van der Waals surface area contributed by atoms with Gasteiger partial charge in [0.1, 0.15) is 17.3 Å². The van der Waals surface area contributed by atoms with E-state index < -0.39 is 5.82 Å². The average Bonchev–Trinajstić information content (AvgIpc) is 3.16. The minimum atomic E-state index is -0.458. The second-order valence-corrected chi connectivity index (χ2v) is 6.08. The number of hydrogen-bond donors (Lipinski definition) is 0. The van der Waals surface area contributed by atoms with Gasteiger partial charge in [0.15, 0.2) is 0 Å². The van der Waals surface area contributed by atoms with Crippen LogP contribution < -0.4 is 4.74 Å². The Kier molecular flexibility index (Phi) is 5.58. The molecule has 2 aromatic carbocycles. The van der Waals surface area contributed by atoms with Gasteiger partial charge in [0.2, 0.25) is 0 Å². The zero-order valence-corrected chi connectivity index (χ0v) is 14.9. The van der Waals surface area contributed by atoms with Crippen LogP contribution in [0.15, 0.2) is 65.3 Å². The Morgan fingerprint density at radius 1 is 1.15 bits per heavy atom. The molecule has 0 saturated carbocycles. The second kappa shape index (κ2) is 8.06. The fourth-order valence-corrected chi connectivity index (χ4v) is 2.83. The number of methoxy groups -OCH3 is 1. The summed E-state index contributed by atoms with van der Waals surface area (Å²) in [6.45, 7) is 0.204. The van der Waals surface area contributed by atoms with E-state index in [1.54, 1.807) is 42.5 Å². The van der Waals surface area contributed by atoms with Gasteiger partial charge in [0, 0.05) is 16.1 Å². The van der Waals surface area contributed by atoms with Crippen molar-refractivity contribution in [1.82, 2.24) is 4.90 Å². The van der Waals surface area contributed by atoms with Crippen molar-refractivity contribution in [3.8, 4) is 5.75 Å². The van der Waals surface area contributed by atoms with Crippen molar-refractivity contribution < 1.29 is 18.3 Å². The largest absolute Gasteiger partial charge is 0.497 e. The fraction of sp³-hybridized carbons (Fsp3) is 0.150. The summed E-state index contributed by atoms with van der Waals surface area (Å²) in [4.78, 5) is 14.5. The topological polar surface area (TPSA) is 42.7 Å². The van der Waals surface area contributed by atoms with E-state index >= 15 is 0 Å². The van der Waals surface area contributed by atoms with E-state index in [1.165, 1.54) is 30.4 Å². The number of halogens is 2. The standard InChI is InChI=1S/C20H17ClFNO3/c1-25-15-6-2-5-14(11-15)20(24)23(12-16-7-4-10-26-16)13-17-18(21)8-3-9-19(17)22/h2-11H,12-13H2,1H3. The molecule has 0 saturated heterocycles. The van der Waals surface area contributed by atoms with Crippen molar-refractivity contribution in [3.05, 3.63) is 88.6 Å². The Labute approximate surface area is 155 Å². The third-order valence-electron chi connectivity index (χ3n) is 3.94. The lowest BCUT2D eigenvalue weighted by molar-refractivity contribution is 0.0715. The van der Waals surface area contributed by atoms with Crippen LogP contribution in [0, 0.1) is 5.82 Å². The molecule has 1 amide bonds. The first-order valence-corrected chi connectivity index (χ1v) is 8.35. The number of carbonyl (C=O) groups is 1. The monoisotopic (exact) mass is 373 g/mol. The maximum absolute atomic E-state index is 14.2. The molecule has 0 radical (unpaired) electrons. The van der Waals surface area contributed by atoms with Crippen LogP contribution in [0.3, 0.4) is 0 Å². The molecule has 0 aliphatic rings. The van der Waals surface area contributed by atoms with Gasteiger partial charge in [-0.2, -0.15) is 0 Å². The first-order chi connectivity index (χ1) is 12.6. The number of rotatable bonds is 6. The quantitative estimate of drug-likeness (QED) is 0.615. The molecule has 0 bridgehead atoms. The van der Waals surface area contributed by atoms with Gasteiger partial charge in [-0.05, 0) is 42.5 Å². The lowest BCUT2D eigenvalue weighted by Crippen LogP contribution is -2.30. The number of amides is 1. The van der Waals surface area contributed by atoms with E-state index in [0.717, 1.165) is 0 Å². The van der Waals surface area contributed by atoms with Crippen molar-refractivity contribution in [2.75, 3.05) is 7.11 Å². The van der Waals surface area contributed by atoms with Crippen molar-refractivity contribution in [1.29, 1.82) is 0 Å². The first-order valence-electron chi connectivity index (χ1n) is 7.97. The van der Waals surface area contributed by atoms with Crippen molar-refractivity contribution in [2.24, 2.45) is 0 Å². The summed E-state index contributed by atoms with van der Waals surface area (Å²) in [6, 6.07) is 14.7. The van der Waals surface area contributed by atoms with Crippen LogP contribution in [0.2, 0.25) is 5.02 Å². The highest BCUT2D eigenvalue weighted by Gasteiger charge is 2.21. The summed E-state index contributed by atoms with van der Waals surface area (Å²) in [5.41, 5.74) is 0.695. The number of ether oxygens (including phenoxy) is 1. The predicted molar refractivity (Wildman–Crippen MR) is 96.7 cm³/mol. The van der Waals surface area contributed by atoms with Crippen LogP contribution in [-0.2, 0) is 13.1 Å². The zero-order chi connectivity index (χ0) is 18.5. The number of benzene rings is 2. The molecule has 0 aliphatic heterocycles. The predicted octanol–water partition coefficient (Wildman–Crippen LogP) is 4.92. The summed E-state index contributed by atoms with van der Waals surface area (Å²) in [5, 5.41) is 0.271. The number of carbonyl (C=O) groups excluding carboxylic acids is 1. The Morgan fingerprint density at radius 2 is 1.96 bits per heavy atom. The normalized spacial score (nSPS) is 10.6. The molecule has 4 nitrogen and oxygen atoms in total. The van der Waals surface area contributed by atoms with Crippen molar-refractivity contribution >= 4 is 17.5 Å².